The van der Waals surface area contributed by atoms with Crippen molar-refractivity contribution < 1.29 is 13.5 Å². The van der Waals surface area contributed by atoms with Gasteiger partial charge in [-0.05, 0) is 48.2 Å². The van der Waals surface area contributed by atoms with Gasteiger partial charge >= 0.3 is 0 Å². The minimum absolute atomic E-state index is 0.205. The van der Waals surface area contributed by atoms with Crippen LogP contribution in [0.3, 0.4) is 0 Å². The fourth-order valence-corrected chi connectivity index (χ4v) is 5.27. The molecule has 0 aliphatic rings. The van der Waals surface area contributed by atoms with E-state index in [1.165, 1.54) is 36.5 Å². The van der Waals surface area contributed by atoms with Crippen molar-refractivity contribution in [2.24, 2.45) is 10.2 Å². The largest absolute Gasteiger partial charge is 0.857 e. The number of nitrogens with one attached hydrogen (secondary N) is 1. The number of aromatic nitrogens is 2. The van der Waals surface area contributed by atoms with E-state index in [1.807, 2.05) is 30.3 Å². The first-order valence-electron chi connectivity index (χ1n) is 9.60. The third kappa shape index (κ3) is 5.14. The summed E-state index contributed by atoms with van der Waals surface area (Å²) in [6, 6.07) is 18.5. The average molecular weight is 499 g/mol. The van der Waals surface area contributed by atoms with Crippen molar-refractivity contribution in [2.75, 3.05) is 4.72 Å². The quantitative estimate of drug-likeness (QED) is 0.237. The van der Waals surface area contributed by atoms with Gasteiger partial charge < -0.3 is 5.11 Å². The van der Waals surface area contributed by atoms with Gasteiger partial charge in [0.25, 0.3) is 10.0 Å². The van der Waals surface area contributed by atoms with Crippen LogP contribution < -0.4 is 9.83 Å². The molecule has 0 aliphatic heterocycles. The van der Waals surface area contributed by atoms with Crippen molar-refractivity contribution in [3.63, 3.8) is 0 Å². The number of para-hydroxylation sites is 1. The molecule has 0 amide bonds. The lowest BCUT2D eigenvalue weighted by atomic mass is 10.2. The predicted molar refractivity (Wildman–Crippen MR) is 129 cm³/mol. The Bertz CT molecular complexity index is 1410. The van der Waals surface area contributed by atoms with Gasteiger partial charge in [0.05, 0.1) is 23.2 Å². The molecule has 0 spiro atoms. The molecule has 0 saturated carbocycles. The molecule has 0 fully saturated rings. The standard InChI is InChI=1S/C22H18ClN5O3S2/c1-15-19(21(23)28(26-15)18-6-3-2-4-7-18)14-24-25-22(29)16-9-11-17(12-10-16)27-33(30,31)20-8-5-13-32-20/h2-14,27H,1H3,(H,25,29)/p-1/b24-14-. The topological polar surface area (TPSA) is 112 Å². The first-order valence-corrected chi connectivity index (χ1v) is 12.3. The minimum atomic E-state index is -3.66. The van der Waals surface area contributed by atoms with Crippen LogP contribution in [0.15, 0.2) is 86.5 Å². The van der Waals surface area contributed by atoms with Crippen LogP contribution in [0.1, 0.15) is 16.8 Å². The van der Waals surface area contributed by atoms with Gasteiger partial charge in [-0.15, -0.1) is 11.3 Å². The molecular formula is C22H17ClN5O3S2-. The zero-order valence-corrected chi connectivity index (χ0v) is 19.6. The highest BCUT2D eigenvalue weighted by Crippen LogP contribution is 2.22. The summed E-state index contributed by atoms with van der Waals surface area (Å²) in [4.78, 5) is 0. The molecule has 2 heterocycles. The minimum Gasteiger partial charge on any atom is -0.857 e. The first kappa shape index (κ1) is 22.7. The van der Waals surface area contributed by atoms with E-state index >= 15 is 0 Å². The van der Waals surface area contributed by atoms with E-state index in [2.05, 4.69) is 20.0 Å². The number of sulfonamides is 1. The number of nitrogens with zero attached hydrogens (tertiary/aromatic N) is 4. The second kappa shape index (κ2) is 9.57. The maximum atomic E-state index is 12.3. The summed E-state index contributed by atoms with van der Waals surface area (Å²) in [7, 11) is -3.66. The third-order valence-electron chi connectivity index (χ3n) is 4.53. The first-order chi connectivity index (χ1) is 15.8. The molecule has 33 heavy (non-hydrogen) atoms. The fraction of sp³-hybridized carbons (Fsp3) is 0.0455. The molecule has 0 saturated heterocycles. The van der Waals surface area contributed by atoms with Gasteiger partial charge in [0, 0.05) is 11.6 Å². The highest BCUT2D eigenvalue weighted by Gasteiger charge is 2.15. The maximum absolute atomic E-state index is 12.3. The molecule has 1 N–H and O–H groups in total. The monoisotopic (exact) mass is 498 g/mol. The molecule has 0 radical (unpaired) electrons. The second-order valence-corrected chi connectivity index (χ2v) is 10.0. The lowest BCUT2D eigenvalue weighted by Crippen LogP contribution is -2.18. The number of anilines is 1. The summed E-state index contributed by atoms with van der Waals surface area (Å²) >= 11 is 7.55. The summed E-state index contributed by atoms with van der Waals surface area (Å²) < 4.78 is 28.8. The predicted octanol–water partition coefficient (Wildman–Crippen LogP) is 3.84. The number of rotatable bonds is 7. The van der Waals surface area contributed by atoms with Crippen LogP contribution in [0.2, 0.25) is 5.15 Å². The molecule has 0 bridgehead atoms. The van der Waals surface area contributed by atoms with Crippen molar-refractivity contribution in [1.29, 1.82) is 0 Å². The highest BCUT2D eigenvalue weighted by molar-refractivity contribution is 7.94. The smallest absolute Gasteiger partial charge is 0.271 e. The Morgan fingerprint density at radius 1 is 1.12 bits per heavy atom. The molecule has 4 aromatic rings. The number of hydrogen-bond donors (Lipinski definition) is 1. The van der Waals surface area contributed by atoms with E-state index in [0.717, 1.165) is 17.0 Å². The highest BCUT2D eigenvalue weighted by atomic mass is 35.5. The van der Waals surface area contributed by atoms with E-state index in [-0.39, 0.29) is 9.77 Å². The van der Waals surface area contributed by atoms with Gasteiger partial charge in [-0.2, -0.15) is 15.3 Å². The van der Waals surface area contributed by atoms with Crippen molar-refractivity contribution in [3.05, 3.63) is 94.1 Å². The second-order valence-electron chi connectivity index (χ2n) is 6.80. The fourth-order valence-electron chi connectivity index (χ4n) is 2.90. The molecule has 0 unspecified atom stereocenters. The van der Waals surface area contributed by atoms with E-state index in [9.17, 15) is 13.5 Å². The van der Waals surface area contributed by atoms with Gasteiger partial charge in [-0.1, -0.05) is 48.0 Å². The lowest BCUT2D eigenvalue weighted by molar-refractivity contribution is -0.213. The Morgan fingerprint density at radius 3 is 2.52 bits per heavy atom. The van der Waals surface area contributed by atoms with Crippen LogP contribution in [0.4, 0.5) is 5.69 Å². The van der Waals surface area contributed by atoms with Crippen LogP contribution in [-0.4, -0.2) is 30.3 Å². The van der Waals surface area contributed by atoms with Crippen LogP contribution in [0.5, 0.6) is 0 Å². The molecular weight excluding hydrogens is 482 g/mol. The molecule has 11 heteroatoms. The number of thiophene rings is 1. The van der Waals surface area contributed by atoms with Gasteiger partial charge in [0.2, 0.25) is 0 Å². The van der Waals surface area contributed by atoms with Gasteiger partial charge in [-0.25, -0.2) is 13.1 Å². The maximum Gasteiger partial charge on any atom is 0.271 e. The van der Waals surface area contributed by atoms with Crippen LogP contribution >= 0.6 is 22.9 Å². The molecule has 0 atom stereocenters. The summed E-state index contributed by atoms with van der Waals surface area (Å²) in [5.74, 6) is -0.580. The molecule has 0 aliphatic carbocycles. The summed E-state index contributed by atoms with van der Waals surface area (Å²) in [6.45, 7) is 1.78. The Balaban J connectivity index is 1.48. The van der Waals surface area contributed by atoms with Crippen molar-refractivity contribution in [2.45, 2.75) is 11.1 Å². The van der Waals surface area contributed by atoms with Crippen molar-refractivity contribution in [3.8, 4) is 5.69 Å². The SMILES string of the molecule is Cc1nn(-c2ccccc2)c(Cl)c1/C=N\N=C([O-])c1ccc(NS(=O)(=O)c2cccs2)cc1. The van der Waals surface area contributed by atoms with E-state index < -0.39 is 15.9 Å². The normalized spacial score (nSPS) is 12.4. The summed E-state index contributed by atoms with van der Waals surface area (Å²) in [5.41, 5.74) is 2.58. The van der Waals surface area contributed by atoms with E-state index in [4.69, 9.17) is 11.6 Å². The third-order valence-corrected chi connectivity index (χ3v) is 7.67. The van der Waals surface area contributed by atoms with E-state index in [1.54, 1.807) is 23.1 Å². The number of hydrogen-bond acceptors (Lipinski definition) is 7. The van der Waals surface area contributed by atoms with Gasteiger partial charge in [0.15, 0.2) is 0 Å². The van der Waals surface area contributed by atoms with E-state index in [0.29, 0.717) is 22.1 Å². The number of benzene rings is 2. The Morgan fingerprint density at radius 2 is 1.85 bits per heavy atom. The summed E-state index contributed by atoms with van der Waals surface area (Å²) in [5, 5.41) is 26.3. The van der Waals surface area contributed by atoms with Crippen LogP contribution in [0.25, 0.3) is 5.69 Å². The number of aryl methyl sites for hydroxylation is 1. The Hall–Kier alpha value is -3.47. The van der Waals surface area contributed by atoms with Crippen molar-refractivity contribution in [1.82, 2.24) is 9.78 Å². The van der Waals surface area contributed by atoms with Crippen LogP contribution in [-0.2, 0) is 10.0 Å². The van der Waals surface area contributed by atoms with Gasteiger partial charge in [-0.3, -0.25) is 4.72 Å². The molecule has 2 aromatic heterocycles. The Kier molecular flexibility index (Phi) is 6.59. The molecule has 168 valence electrons. The zero-order valence-electron chi connectivity index (χ0n) is 17.2. The average Bonchev–Trinajstić information content (AvgIpc) is 3.45. The molecule has 8 nitrogen and oxygen atoms in total. The molecule has 4 rings (SSSR count). The van der Waals surface area contributed by atoms with Gasteiger partial charge in [0.1, 0.15) is 9.36 Å². The zero-order chi connectivity index (χ0) is 23.4. The van der Waals surface area contributed by atoms with Crippen LogP contribution in [0, 0.1) is 6.92 Å². The molecule has 2 aromatic carbocycles. The lowest BCUT2D eigenvalue weighted by Gasteiger charge is -2.10. The number of halogens is 1. The summed E-state index contributed by atoms with van der Waals surface area (Å²) in [6.07, 6.45) is 1.38. The van der Waals surface area contributed by atoms with Crippen molar-refractivity contribution >= 4 is 50.8 Å². The Labute approximate surface area is 199 Å².